The van der Waals surface area contributed by atoms with E-state index in [1.807, 2.05) is 12.1 Å². The molecule has 0 amide bonds. The molecule has 1 aromatic carbocycles. The maximum atomic E-state index is 13.6. The second kappa shape index (κ2) is 7.04. The van der Waals surface area contributed by atoms with Crippen LogP contribution in [0.2, 0.25) is 0 Å². The van der Waals surface area contributed by atoms with Crippen molar-refractivity contribution in [3.8, 4) is 6.07 Å². The average Bonchev–Trinajstić information content (AvgIpc) is 2.48. The quantitative estimate of drug-likeness (QED) is 0.871. The first-order valence-electron chi connectivity index (χ1n) is 7.91. The maximum Gasteiger partial charge on any atom is 0.127 e. The van der Waals surface area contributed by atoms with E-state index in [1.54, 1.807) is 6.07 Å². The van der Waals surface area contributed by atoms with Crippen molar-refractivity contribution in [1.82, 2.24) is 5.32 Å². The first-order chi connectivity index (χ1) is 10.1. The molecule has 1 fully saturated rings. The number of hydrogen-bond donors (Lipinski definition) is 1. The van der Waals surface area contributed by atoms with E-state index in [1.165, 1.54) is 6.07 Å². The third-order valence-corrected chi connectivity index (χ3v) is 5.18. The molecule has 0 spiro atoms. The molecule has 0 heterocycles. The number of nitrogens with zero attached hydrogens (tertiary/aromatic N) is 1. The highest BCUT2D eigenvalue weighted by Crippen LogP contribution is 2.45. The van der Waals surface area contributed by atoms with Crippen molar-refractivity contribution >= 4 is 0 Å². The van der Waals surface area contributed by atoms with Crippen LogP contribution in [-0.2, 0) is 6.54 Å². The van der Waals surface area contributed by atoms with Gasteiger partial charge in [-0.15, -0.1) is 0 Å². The average molecular weight is 288 g/mol. The van der Waals surface area contributed by atoms with Gasteiger partial charge in [-0.1, -0.05) is 32.0 Å². The number of hydrogen-bond acceptors (Lipinski definition) is 2. The van der Waals surface area contributed by atoms with Gasteiger partial charge in [0, 0.05) is 24.6 Å². The minimum absolute atomic E-state index is 0.137. The van der Waals surface area contributed by atoms with Crippen molar-refractivity contribution in [3.63, 3.8) is 0 Å². The summed E-state index contributed by atoms with van der Waals surface area (Å²) in [6.07, 6.45) is 4.99. The molecule has 114 valence electrons. The first kappa shape index (κ1) is 16.0. The number of nitrogens with one attached hydrogen (secondary N) is 1. The Hall–Kier alpha value is -1.40. The molecule has 0 aliphatic heterocycles. The van der Waals surface area contributed by atoms with Gasteiger partial charge in [-0.05, 0) is 43.1 Å². The van der Waals surface area contributed by atoms with Crippen molar-refractivity contribution < 1.29 is 4.39 Å². The Balaban J connectivity index is 1.87. The zero-order valence-corrected chi connectivity index (χ0v) is 13.0. The molecule has 3 heteroatoms. The molecule has 1 aliphatic rings. The lowest BCUT2D eigenvalue weighted by molar-refractivity contribution is 0.105. The number of benzene rings is 1. The van der Waals surface area contributed by atoms with Crippen molar-refractivity contribution in [2.75, 3.05) is 0 Å². The number of rotatable bonds is 5. The van der Waals surface area contributed by atoms with Crippen molar-refractivity contribution in [2.24, 2.45) is 11.3 Å². The van der Waals surface area contributed by atoms with Crippen LogP contribution in [0.1, 0.15) is 51.5 Å². The fraction of sp³-hybridized carbons (Fsp3) is 0.611. The van der Waals surface area contributed by atoms with Gasteiger partial charge in [0.05, 0.1) is 6.07 Å². The van der Waals surface area contributed by atoms with Gasteiger partial charge in [-0.25, -0.2) is 4.39 Å². The highest BCUT2D eigenvalue weighted by Gasteiger charge is 2.37. The van der Waals surface area contributed by atoms with Gasteiger partial charge in [0.15, 0.2) is 0 Å². The summed E-state index contributed by atoms with van der Waals surface area (Å²) < 4.78 is 13.6. The largest absolute Gasteiger partial charge is 0.310 e. The van der Waals surface area contributed by atoms with E-state index in [-0.39, 0.29) is 11.2 Å². The molecule has 0 unspecified atom stereocenters. The molecule has 2 rings (SSSR count). The van der Waals surface area contributed by atoms with Crippen molar-refractivity contribution in [3.05, 3.63) is 35.6 Å². The van der Waals surface area contributed by atoms with Gasteiger partial charge in [0.2, 0.25) is 0 Å². The van der Waals surface area contributed by atoms with Crippen molar-refractivity contribution in [2.45, 2.75) is 58.5 Å². The van der Waals surface area contributed by atoms with Crippen LogP contribution >= 0.6 is 0 Å². The van der Waals surface area contributed by atoms with E-state index in [0.717, 1.165) is 31.2 Å². The normalized spacial score (nSPS) is 25.8. The molecule has 0 radical (unpaired) electrons. The highest BCUT2D eigenvalue weighted by molar-refractivity contribution is 5.17. The summed E-state index contributed by atoms with van der Waals surface area (Å²) in [7, 11) is 0. The SMILES string of the molecule is CC(C)C1(CC#N)CCC(NCc2ccccc2F)CC1. The summed E-state index contributed by atoms with van der Waals surface area (Å²) in [5.74, 6) is 0.409. The molecule has 1 N–H and O–H groups in total. The third-order valence-electron chi connectivity index (χ3n) is 5.18. The Morgan fingerprint density at radius 2 is 2.00 bits per heavy atom. The van der Waals surface area contributed by atoms with Crippen LogP contribution in [0.3, 0.4) is 0 Å². The zero-order chi connectivity index (χ0) is 15.3. The van der Waals surface area contributed by atoms with Gasteiger partial charge in [0.25, 0.3) is 0 Å². The van der Waals surface area contributed by atoms with E-state index >= 15 is 0 Å². The minimum Gasteiger partial charge on any atom is -0.310 e. The predicted octanol–water partition coefficient (Wildman–Crippen LogP) is 4.41. The number of halogens is 1. The molecule has 2 nitrogen and oxygen atoms in total. The lowest BCUT2D eigenvalue weighted by Crippen LogP contribution is -2.39. The molecule has 0 aromatic heterocycles. The summed E-state index contributed by atoms with van der Waals surface area (Å²) in [4.78, 5) is 0. The van der Waals surface area contributed by atoms with Gasteiger partial charge >= 0.3 is 0 Å². The van der Waals surface area contributed by atoms with E-state index in [4.69, 9.17) is 5.26 Å². The van der Waals surface area contributed by atoms with E-state index in [2.05, 4.69) is 25.2 Å². The maximum absolute atomic E-state index is 13.6. The van der Waals surface area contributed by atoms with Gasteiger partial charge < -0.3 is 5.32 Å². The van der Waals surface area contributed by atoms with Crippen LogP contribution in [0.5, 0.6) is 0 Å². The molecule has 0 saturated heterocycles. The van der Waals surface area contributed by atoms with Gasteiger partial charge in [-0.2, -0.15) is 5.26 Å². The second-order valence-electron chi connectivity index (χ2n) is 6.60. The van der Waals surface area contributed by atoms with Crippen LogP contribution in [0.15, 0.2) is 24.3 Å². The van der Waals surface area contributed by atoms with Crippen LogP contribution in [0, 0.1) is 28.5 Å². The van der Waals surface area contributed by atoms with Crippen LogP contribution in [0.25, 0.3) is 0 Å². The minimum atomic E-state index is -0.137. The third kappa shape index (κ3) is 3.83. The molecule has 0 bridgehead atoms. The Bertz CT molecular complexity index is 496. The monoisotopic (exact) mass is 288 g/mol. The Kier molecular flexibility index (Phi) is 5.36. The van der Waals surface area contributed by atoms with Crippen LogP contribution in [-0.4, -0.2) is 6.04 Å². The topological polar surface area (TPSA) is 35.8 Å². The summed E-state index contributed by atoms with van der Waals surface area (Å²) in [5, 5.41) is 12.5. The molecule has 1 saturated carbocycles. The fourth-order valence-electron chi connectivity index (χ4n) is 3.41. The molecule has 1 aromatic rings. The smallest absolute Gasteiger partial charge is 0.127 e. The Labute approximate surface area is 127 Å². The Morgan fingerprint density at radius 3 is 2.57 bits per heavy atom. The van der Waals surface area contributed by atoms with Gasteiger partial charge in [-0.3, -0.25) is 0 Å². The summed E-state index contributed by atoms with van der Waals surface area (Å²) in [6, 6.07) is 9.74. The fourth-order valence-corrected chi connectivity index (χ4v) is 3.41. The van der Waals surface area contributed by atoms with E-state index in [9.17, 15) is 4.39 Å². The lowest BCUT2D eigenvalue weighted by Gasteiger charge is -2.42. The summed E-state index contributed by atoms with van der Waals surface area (Å²) in [6.45, 7) is 5.04. The van der Waals surface area contributed by atoms with Crippen LogP contribution in [0.4, 0.5) is 4.39 Å². The number of nitriles is 1. The molecule has 21 heavy (non-hydrogen) atoms. The van der Waals surface area contributed by atoms with E-state index in [0.29, 0.717) is 24.9 Å². The first-order valence-corrected chi connectivity index (χ1v) is 7.91. The van der Waals surface area contributed by atoms with Crippen molar-refractivity contribution in [1.29, 1.82) is 5.26 Å². The van der Waals surface area contributed by atoms with Gasteiger partial charge in [0.1, 0.15) is 5.82 Å². The molecular formula is C18H25FN2. The van der Waals surface area contributed by atoms with E-state index < -0.39 is 0 Å². The summed E-state index contributed by atoms with van der Waals surface area (Å²) >= 11 is 0. The second-order valence-corrected chi connectivity index (χ2v) is 6.60. The lowest BCUT2D eigenvalue weighted by atomic mass is 9.64. The highest BCUT2D eigenvalue weighted by atomic mass is 19.1. The predicted molar refractivity (Wildman–Crippen MR) is 83.0 cm³/mol. The summed E-state index contributed by atoms with van der Waals surface area (Å²) in [5.41, 5.74) is 0.917. The molecular weight excluding hydrogens is 263 g/mol. The molecule has 0 atom stereocenters. The standard InChI is InChI=1S/C18H25FN2/c1-14(2)18(11-12-20)9-7-16(8-10-18)21-13-15-5-3-4-6-17(15)19/h3-6,14,16,21H,7-11,13H2,1-2H3. The zero-order valence-electron chi connectivity index (χ0n) is 13.0. The molecule has 1 aliphatic carbocycles. The van der Waals surface area contributed by atoms with Crippen LogP contribution < -0.4 is 5.32 Å². The Morgan fingerprint density at radius 1 is 1.33 bits per heavy atom.